The van der Waals surface area contributed by atoms with Crippen LogP contribution in [-0.2, 0) is 11.2 Å². The smallest absolute Gasteiger partial charge is 0.260 e. The second-order valence-corrected chi connectivity index (χ2v) is 6.57. The predicted molar refractivity (Wildman–Crippen MR) is 82.1 cm³/mol. The maximum Gasteiger partial charge on any atom is 0.260 e. The Labute approximate surface area is 130 Å². The fourth-order valence-electron chi connectivity index (χ4n) is 3.65. The summed E-state index contributed by atoms with van der Waals surface area (Å²) in [6.45, 7) is 4.24. The van der Waals surface area contributed by atoms with Crippen molar-refractivity contribution < 1.29 is 13.9 Å². The van der Waals surface area contributed by atoms with Gasteiger partial charge in [-0.15, -0.1) is 0 Å². The van der Waals surface area contributed by atoms with Crippen LogP contribution in [0.4, 0.5) is 4.39 Å². The summed E-state index contributed by atoms with van der Waals surface area (Å²) >= 11 is 0. The Morgan fingerprint density at radius 2 is 2.14 bits per heavy atom. The number of ether oxygens (including phenoxy) is 1. The first-order valence-corrected chi connectivity index (χ1v) is 8.00. The molecule has 5 heteroatoms. The summed E-state index contributed by atoms with van der Waals surface area (Å²) < 4.78 is 19.6. The molecule has 2 N–H and O–H groups in total. The zero-order chi connectivity index (χ0) is 15.9. The molecule has 0 unspecified atom stereocenters. The first-order chi connectivity index (χ1) is 10.5. The van der Waals surface area contributed by atoms with E-state index in [4.69, 9.17) is 10.5 Å². The standard InChI is InChI=1S/C17H23FN2O2/c1-10(2)20(12-6-4-7-12)14-9-11-5-3-8-13(18)15(11)22-16(14)17(19)21/h3,5,8,10,12,14,16H,4,6-7,9H2,1-2H3,(H2,19,21)/t14-,16+/m1/s1. The minimum absolute atomic E-state index is 0.128. The number of hydrogen-bond acceptors (Lipinski definition) is 3. The summed E-state index contributed by atoms with van der Waals surface area (Å²) in [5.41, 5.74) is 6.36. The van der Waals surface area contributed by atoms with E-state index in [0.29, 0.717) is 12.5 Å². The number of hydrogen-bond donors (Lipinski definition) is 1. The van der Waals surface area contributed by atoms with E-state index in [9.17, 15) is 9.18 Å². The van der Waals surface area contributed by atoms with Gasteiger partial charge in [-0.2, -0.15) is 0 Å². The molecule has 1 saturated carbocycles. The quantitative estimate of drug-likeness (QED) is 0.928. The molecule has 2 atom stereocenters. The molecule has 120 valence electrons. The molecule has 1 aliphatic carbocycles. The van der Waals surface area contributed by atoms with Crippen LogP contribution in [0.2, 0.25) is 0 Å². The molecule has 3 rings (SSSR count). The van der Waals surface area contributed by atoms with Crippen LogP contribution in [0.3, 0.4) is 0 Å². The summed E-state index contributed by atoms with van der Waals surface area (Å²) in [6, 6.07) is 5.52. The van der Waals surface area contributed by atoms with E-state index < -0.39 is 17.8 Å². The molecule has 0 radical (unpaired) electrons. The van der Waals surface area contributed by atoms with E-state index >= 15 is 0 Å². The highest BCUT2D eigenvalue weighted by Gasteiger charge is 2.43. The van der Waals surface area contributed by atoms with Gasteiger partial charge in [0.25, 0.3) is 5.91 Å². The maximum absolute atomic E-state index is 13.9. The van der Waals surface area contributed by atoms with Gasteiger partial charge in [0, 0.05) is 12.1 Å². The van der Waals surface area contributed by atoms with Gasteiger partial charge in [-0.25, -0.2) is 4.39 Å². The van der Waals surface area contributed by atoms with Gasteiger partial charge >= 0.3 is 0 Å². The molecule has 1 fully saturated rings. The van der Waals surface area contributed by atoms with Crippen molar-refractivity contribution in [3.63, 3.8) is 0 Å². The largest absolute Gasteiger partial charge is 0.476 e. The van der Waals surface area contributed by atoms with Crippen molar-refractivity contribution in [2.45, 2.75) is 63.8 Å². The van der Waals surface area contributed by atoms with Crippen molar-refractivity contribution in [3.05, 3.63) is 29.6 Å². The van der Waals surface area contributed by atoms with Crippen LogP contribution in [-0.4, -0.2) is 35.0 Å². The molecule has 1 aliphatic heterocycles. The van der Waals surface area contributed by atoms with E-state index in [1.165, 1.54) is 12.5 Å². The molecule has 0 aromatic heterocycles. The molecule has 1 amide bonds. The first kappa shape index (κ1) is 15.3. The second-order valence-electron chi connectivity index (χ2n) is 6.57. The van der Waals surface area contributed by atoms with Crippen molar-refractivity contribution >= 4 is 5.91 Å². The first-order valence-electron chi connectivity index (χ1n) is 8.00. The molecule has 0 bridgehead atoms. The van der Waals surface area contributed by atoms with Crippen LogP contribution < -0.4 is 10.5 Å². The van der Waals surface area contributed by atoms with Gasteiger partial charge in [-0.3, -0.25) is 9.69 Å². The van der Waals surface area contributed by atoms with E-state index in [1.807, 2.05) is 6.07 Å². The van der Waals surface area contributed by atoms with Crippen LogP contribution in [0.1, 0.15) is 38.7 Å². The van der Waals surface area contributed by atoms with Crippen LogP contribution in [0.15, 0.2) is 18.2 Å². The number of para-hydroxylation sites is 1. The Bertz CT molecular complexity index is 572. The third kappa shape index (κ3) is 2.58. The lowest BCUT2D eigenvalue weighted by molar-refractivity contribution is -0.131. The number of nitrogens with zero attached hydrogens (tertiary/aromatic N) is 1. The van der Waals surface area contributed by atoms with E-state index in [2.05, 4.69) is 18.7 Å². The Balaban J connectivity index is 1.96. The molecule has 22 heavy (non-hydrogen) atoms. The van der Waals surface area contributed by atoms with Gasteiger partial charge in [0.05, 0.1) is 6.04 Å². The molecule has 0 saturated heterocycles. The second kappa shape index (κ2) is 5.88. The van der Waals surface area contributed by atoms with Crippen molar-refractivity contribution in [1.82, 2.24) is 4.90 Å². The Hall–Kier alpha value is -1.62. The number of amides is 1. The van der Waals surface area contributed by atoms with Crippen molar-refractivity contribution in [3.8, 4) is 5.75 Å². The minimum Gasteiger partial charge on any atom is -0.476 e. The lowest BCUT2D eigenvalue weighted by Gasteiger charge is -2.48. The summed E-state index contributed by atoms with van der Waals surface area (Å²) in [4.78, 5) is 14.2. The maximum atomic E-state index is 13.9. The number of primary amides is 1. The number of carbonyl (C=O) groups excluding carboxylic acids is 1. The van der Waals surface area contributed by atoms with Crippen LogP contribution in [0.5, 0.6) is 5.75 Å². The van der Waals surface area contributed by atoms with Crippen LogP contribution >= 0.6 is 0 Å². The number of rotatable bonds is 4. The summed E-state index contributed by atoms with van der Waals surface area (Å²) in [6.07, 6.45) is 3.28. The van der Waals surface area contributed by atoms with E-state index in [1.54, 1.807) is 6.07 Å². The van der Waals surface area contributed by atoms with Crippen LogP contribution in [0.25, 0.3) is 0 Å². The minimum atomic E-state index is -0.799. The fraction of sp³-hybridized carbons (Fsp3) is 0.588. The molecule has 1 aromatic rings. The fourth-order valence-corrected chi connectivity index (χ4v) is 3.65. The molecule has 2 aliphatic rings. The normalized spacial score (nSPS) is 24.8. The molecule has 4 nitrogen and oxygen atoms in total. The van der Waals surface area contributed by atoms with Crippen molar-refractivity contribution in [2.24, 2.45) is 5.73 Å². The van der Waals surface area contributed by atoms with Gasteiger partial charge in [-0.1, -0.05) is 18.6 Å². The predicted octanol–water partition coefficient (Wildman–Crippen LogP) is 2.25. The number of nitrogens with two attached hydrogens (primary N) is 1. The third-order valence-electron chi connectivity index (χ3n) is 4.83. The number of carbonyl (C=O) groups is 1. The summed E-state index contributed by atoms with van der Waals surface area (Å²) in [7, 11) is 0. The zero-order valence-corrected chi connectivity index (χ0v) is 13.1. The molecular formula is C17H23FN2O2. The number of halogens is 1. The Morgan fingerprint density at radius 3 is 2.68 bits per heavy atom. The SMILES string of the molecule is CC(C)N(C1CCC1)[C@@H]1Cc2cccc(F)c2O[C@@H]1C(N)=O. The third-order valence-corrected chi connectivity index (χ3v) is 4.83. The number of fused-ring (bicyclic) bond motifs is 1. The highest BCUT2D eigenvalue weighted by atomic mass is 19.1. The molecule has 1 aromatic carbocycles. The van der Waals surface area contributed by atoms with Gasteiger partial charge < -0.3 is 10.5 Å². The van der Waals surface area contributed by atoms with Gasteiger partial charge in [-0.05, 0) is 44.7 Å². The average molecular weight is 306 g/mol. The Kier molecular flexibility index (Phi) is 4.08. The van der Waals surface area contributed by atoms with Gasteiger partial charge in [0.15, 0.2) is 17.7 Å². The highest BCUT2D eigenvalue weighted by molar-refractivity contribution is 5.80. The summed E-state index contributed by atoms with van der Waals surface area (Å²) in [5, 5.41) is 0. The molecular weight excluding hydrogens is 283 g/mol. The molecule has 1 heterocycles. The summed E-state index contributed by atoms with van der Waals surface area (Å²) in [5.74, 6) is -0.773. The lowest BCUT2D eigenvalue weighted by Crippen LogP contribution is -2.61. The average Bonchev–Trinajstić information content (AvgIpc) is 2.41. The van der Waals surface area contributed by atoms with Crippen molar-refractivity contribution in [2.75, 3.05) is 0 Å². The Morgan fingerprint density at radius 1 is 1.41 bits per heavy atom. The topological polar surface area (TPSA) is 55.6 Å². The van der Waals surface area contributed by atoms with E-state index in [-0.39, 0.29) is 17.8 Å². The zero-order valence-electron chi connectivity index (χ0n) is 13.1. The highest BCUT2D eigenvalue weighted by Crippen LogP contribution is 2.36. The number of benzene rings is 1. The lowest BCUT2D eigenvalue weighted by atomic mass is 9.85. The van der Waals surface area contributed by atoms with E-state index in [0.717, 1.165) is 18.4 Å². The van der Waals surface area contributed by atoms with Crippen LogP contribution in [0, 0.1) is 5.82 Å². The monoisotopic (exact) mass is 306 g/mol. The molecule has 0 spiro atoms. The van der Waals surface area contributed by atoms with Gasteiger partial charge in [0.1, 0.15) is 0 Å². The van der Waals surface area contributed by atoms with Crippen molar-refractivity contribution in [1.29, 1.82) is 0 Å². The van der Waals surface area contributed by atoms with Gasteiger partial charge in [0.2, 0.25) is 0 Å².